The van der Waals surface area contributed by atoms with E-state index in [0.29, 0.717) is 11.2 Å². The van der Waals surface area contributed by atoms with Crippen LogP contribution in [0.5, 0.6) is 0 Å². The Bertz CT molecular complexity index is 828. The maximum Gasteiger partial charge on any atom is 0.318 e. The van der Waals surface area contributed by atoms with Crippen molar-refractivity contribution in [2.24, 2.45) is 7.05 Å². The number of pyridine rings is 1. The Labute approximate surface area is 154 Å². The quantitative estimate of drug-likeness (QED) is 0.708. The second-order valence-corrected chi connectivity index (χ2v) is 6.27. The van der Waals surface area contributed by atoms with Crippen LogP contribution in [-0.2, 0) is 7.05 Å². The second-order valence-electron chi connectivity index (χ2n) is 5.42. The van der Waals surface area contributed by atoms with Gasteiger partial charge < -0.3 is 9.88 Å². The Balaban J connectivity index is 0.00000132. The van der Waals surface area contributed by atoms with E-state index in [4.69, 9.17) is 0 Å². The lowest BCUT2D eigenvalue weighted by atomic mass is 10.1. The van der Waals surface area contributed by atoms with Gasteiger partial charge in [0.15, 0.2) is 5.65 Å². The van der Waals surface area contributed by atoms with Gasteiger partial charge in [-0.15, -0.1) is 24.8 Å². The van der Waals surface area contributed by atoms with E-state index in [1.165, 1.54) is 4.57 Å². The van der Waals surface area contributed by atoms with Gasteiger partial charge in [-0.25, -0.2) is 4.98 Å². The molecule has 0 spiro atoms. The molecule has 0 aromatic carbocycles. The number of hydrogen-bond acceptors (Lipinski definition) is 4. The molecule has 1 saturated heterocycles. The van der Waals surface area contributed by atoms with E-state index in [-0.39, 0.29) is 30.9 Å². The van der Waals surface area contributed by atoms with Crippen molar-refractivity contribution >= 4 is 51.9 Å². The first-order valence-electron chi connectivity index (χ1n) is 7.00. The third-order valence-corrected chi connectivity index (χ3v) is 4.88. The minimum absolute atomic E-state index is 0. The number of hydrogen-bond donors (Lipinski definition) is 1. The second kappa shape index (κ2) is 7.79. The highest BCUT2D eigenvalue weighted by Gasteiger charge is 2.22. The number of piperidine rings is 1. The van der Waals surface area contributed by atoms with Crippen molar-refractivity contribution in [2.45, 2.75) is 25.8 Å². The molecule has 2 aromatic heterocycles. The zero-order chi connectivity index (χ0) is 15.1. The van der Waals surface area contributed by atoms with Crippen molar-refractivity contribution in [1.29, 1.82) is 0 Å². The van der Waals surface area contributed by atoms with Gasteiger partial charge in [0.1, 0.15) is 0 Å². The minimum atomic E-state index is -0.501. The zero-order valence-corrected chi connectivity index (χ0v) is 16.1. The first-order chi connectivity index (χ1) is 10.0. The van der Waals surface area contributed by atoms with Crippen LogP contribution in [0.1, 0.15) is 24.6 Å². The lowest BCUT2D eigenvalue weighted by molar-refractivity contribution is 0.365. The Morgan fingerprint density at radius 2 is 1.83 bits per heavy atom. The van der Waals surface area contributed by atoms with Gasteiger partial charge in [-0.05, 0) is 54.9 Å². The number of nitrogens with one attached hydrogen (secondary N) is 1. The average molecular weight is 426 g/mol. The highest BCUT2D eigenvalue weighted by atomic mass is 79.9. The van der Waals surface area contributed by atoms with Gasteiger partial charge in [-0.3, -0.25) is 14.2 Å². The van der Waals surface area contributed by atoms with Crippen LogP contribution < -0.4 is 16.4 Å². The minimum Gasteiger partial charge on any atom is -0.317 e. The fraction of sp³-hybridized carbons (Fsp3) is 0.500. The van der Waals surface area contributed by atoms with Gasteiger partial charge in [-0.2, -0.15) is 0 Å². The van der Waals surface area contributed by atoms with Crippen molar-refractivity contribution in [3.8, 4) is 0 Å². The molecule has 3 heterocycles. The normalized spacial score (nSPS) is 15.1. The predicted molar refractivity (Wildman–Crippen MR) is 99.3 cm³/mol. The fourth-order valence-electron chi connectivity index (χ4n) is 2.84. The summed E-state index contributed by atoms with van der Waals surface area (Å²) in [4.78, 5) is 29.2. The van der Waals surface area contributed by atoms with Crippen LogP contribution in [0, 0.1) is 6.92 Å². The van der Waals surface area contributed by atoms with Gasteiger partial charge >= 0.3 is 11.1 Å². The molecule has 0 amide bonds. The highest BCUT2D eigenvalue weighted by Crippen LogP contribution is 2.23. The molecule has 6 nitrogen and oxygen atoms in total. The Morgan fingerprint density at radius 1 is 1.22 bits per heavy atom. The van der Waals surface area contributed by atoms with E-state index in [2.05, 4.69) is 26.2 Å². The molecule has 0 radical (unpaired) electrons. The van der Waals surface area contributed by atoms with Crippen LogP contribution >= 0.6 is 40.7 Å². The third kappa shape index (κ3) is 3.47. The number of nitrogens with zero attached hydrogens (tertiary/aromatic N) is 3. The molecule has 9 heteroatoms. The standard InChI is InChI=1S/C14H17BrN4O2.2ClH/c1-8-10(15)7-11-12(17-8)19(9-3-5-16-6-4-9)14(21)13(20)18(11)2;;/h7,9,16H,3-6H2,1-2H3;2*1H. The van der Waals surface area contributed by atoms with E-state index in [0.717, 1.165) is 36.1 Å². The van der Waals surface area contributed by atoms with Gasteiger partial charge in [0, 0.05) is 17.6 Å². The molecule has 3 rings (SSSR count). The van der Waals surface area contributed by atoms with Gasteiger partial charge in [0.05, 0.1) is 11.2 Å². The topological polar surface area (TPSA) is 68.9 Å². The van der Waals surface area contributed by atoms with E-state index in [1.807, 2.05) is 13.0 Å². The molecule has 0 bridgehead atoms. The van der Waals surface area contributed by atoms with Crippen LogP contribution in [-0.4, -0.2) is 27.2 Å². The number of aromatic nitrogens is 3. The largest absolute Gasteiger partial charge is 0.318 e. The summed E-state index contributed by atoms with van der Waals surface area (Å²) in [7, 11) is 1.61. The molecule has 0 atom stereocenters. The van der Waals surface area contributed by atoms with Crippen molar-refractivity contribution in [3.63, 3.8) is 0 Å². The van der Waals surface area contributed by atoms with Crippen molar-refractivity contribution in [2.75, 3.05) is 13.1 Å². The maximum absolute atomic E-state index is 12.5. The highest BCUT2D eigenvalue weighted by molar-refractivity contribution is 9.10. The number of halogens is 3. The first-order valence-corrected chi connectivity index (χ1v) is 7.79. The van der Waals surface area contributed by atoms with Crippen LogP contribution in [0.3, 0.4) is 0 Å². The summed E-state index contributed by atoms with van der Waals surface area (Å²) in [6, 6.07) is 1.89. The predicted octanol–water partition coefficient (Wildman–Crippen LogP) is 1.93. The van der Waals surface area contributed by atoms with E-state index in [1.54, 1.807) is 11.6 Å². The van der Waals surface area contributed by atoms with Crippen LogP contribution in [0.2, 0.25) is 0 Å². The smallest absolute Gasteiger partial charge is 0.317 e. The van der Waals surface area contributed by atoms with Crippen molar-refractivity contribution < 1.29 is 0 Å². The summed E-state index contributed by atoms with van der Waals surface area (Å²) < 4.78 is 3.81. The molecule has 1 N–H and O–H groups in total. The first kappa shape index (κ1) is 20.2. The summed E-state index contributed by atoms with van der Waals surface area (Å²) in [5, 5.41) is 3.27. The van der Waals surface area contributed by atoms with Gasteiger partial charge in [-0.1, -0.05) is 0 Å². The molecule has 2 aromatic rings. The molecule has 0 saturated carbocycles. The van der Waals surface area contributed by atoms with E-state index in [9.17, 15) is 9.59 Å². The molecule has 0 unspecified atom stereocenters. The average Bonchev–Trinajstić information content (AvgIpc) is 2.49. The summed E-state index contributed by atoms with van der Waals surface area (Å²) in [6.45, 7) is 3.58. The molecule has 23 heavy (non-hydrogen) atoms. The summed E-state index contributed by atoms with van der Waals surface area (Å²) >= 11 is 3.44. The molecule has 1 aliphatic heterocycles. The SMILES string of the molecule is Cc1nc2c(cc1Br)n(C)c(=O)c(=O)n2C1CCNCC1.Cl.Cl. The zero-order valence-electron chi connectivity index (χ0n) is 12.8. The van der Waals surface area contributed by atoms with E-state index < -0.39 is 11.1 Å². The molecule has 128 valence electrons. The number of rotatable bonds is 1. The Morgan fingerprint density at radius 3 is 2.43 bits per heavy atom. The molecular weight excluding hydrogens is 407 g/mol. The van der Waals surface area contributed by atoms with Crippen LogP contribution in [0.15, 0.2) is 20.1 Å². The molecular formula is C14H19BrCl2N4O2. The molecule has 1 fully saturated rings. The molecule has 0 aliphatic carbocycles. The monoisotopic (exact) mass is 424 g/mol. The maximum atomic E-state index is 12.5. The fourth-order valence-corrected chi connectivity index (χ4v) is 3.14. The van der Waals surface area contributed by atoms with Gasteiger partial charge in [0.25, 0.3) is 0 Å². The Kier molecular flexibility index (Phi) is 6.82. The Hall–Kier alpha value is -0.890. The van der Waals surface area contributed by atoms with Crippen molar-refractivity contribution in [3.05, 3.63) is 36.9 Å². The third-order valence-electron chi connectivity index (χ3n) is 4.08. The summed E-state index contributed by atoms with van der Waals surface area (Å²) in [5.41, 5.74) is 1.10. The van der Waals surface area contributed by atoms with Crippen molar-refractivity contribution in [1.82, 2.24) is 19.4 Å². The van der Waals surface area contributed by atoms with E-state index >= 15 is 0 Å². The number of fused-ring (bicyclic) bond motifs is 1. The lowest BCUT2D eigenvalue weighted by Gasteiger charge is -2.26. The lowest BCUT2D eigenvalue weighted by Crippen LogP contribution is -2.44. The molecule has 1 aliphatic rings. The van der Waals surface area contributed by atoms with Crippen LogP contribution in [0.25, 0.3) is 11.2 Å². The van der Waals surface area contributed by atoms with Gasteiger partial charge in [0.2, 0.25) is 0 Å². The number of aryl methyl sites for hydroxylation is 2. The van der Waals surface area contributed by atoms with Crippen LogP contribution in [0.4, 0.5) is 0 Å². The summed E-state index contributed by atoms with van der Waals surface area (Å²) in [6.07, 6.45) is 1.66. The summed E-state index contributed by atoms with van der Waals surface area (Å²) in [5.74, 6) is 0.